The standard InChI is InChI=1S/C32H34N2O4/c1-36-26-14-9-24(10-15-26)29-17-11-25-22-28(37-2)16-18-30(25)32(29)38-27-12-6-23(7-13-27)8-19-31(35)33-34-20-4-3-5-21-34/h6-7,9-18,22H,3-5,8,19-21H2,1-2H3,(H,33,35). The molecule has 1 amide bonds. The summed E-state index contributed by atoms with van der Waals surface area (Å²) in [7, 11) is 3.33. The van der Waals surface area contributed by atoms with Gasteiger partial charge >= 0.3 is 0 Å². The van der Waals surface area contributed by atoms with Crippen LogP contribution < -0.4 is 19.6 Å². The van der Waals surface area contributed by atoms with Gasteiger partial charge in [0.15, 0.2) is 0 Å². The van der Waals surface area contributed by atoms with Crippen molar-refractivity contribution in [3.8, 4) is 34.1 Å². The van der Waals surface area contributed by atoms with E-state index in [0.29, 0.717) is 12.8 Å². The highest BCUT2D eigenvalue weighted by molar-refractivity contribution is 5.96. The predicted molar refractivity (Wildman–Crippen MR) is 151 cm³/mol. The topological polar surface area (TPSA) is 60.0 Å². The molecule has 1 saturated heterocycles. The first-order valence-electron chi connectivity index (χ1n) is 13.2. The Labute approximate surface area is 224 Å². The van der Waals surface area contributed by atoms with Gasteiger partial charge in [0.2, 0.25) is 5.91 Å². The SMILES string of the molecule is COc1ccc(-c2ccc3cc(OC)ccc3c2Oc2ccc(CCC(=O)NN3CCCCC3)cc2)cc1. The van der Waals surface area contributed by atoms with E-state index in [1.807, 2.05) is 71.7 Å². The van der Waals surface area contributed by atoms with Crippen LogP contribution in [0.15, 0.2) is 78.9 Å². The lowest BCUT2D eigenvalue weighted by Gasteiger charge is -2.26. The largest absolute Gasteiger partial charge is 0.497 e. The van der Waals surface area contributed by atoms with Crippen molar-refractivity contribution in [3.63, 3.8) is 0 Å². The number of hydrazine groups is 1. The van der Waals surface area contributed by atoms with Crippen LogP contribution in [0, 0.1) is 0 Å². The van der Waals surface area contributed by atoms with Crippen LogP contribution in [0.5, 0.6) is 23.0 Å². The number of benzene rings is 4. The van der Waals surface area contributed by atoms with E-state index < -0.39 is 0 Å². The zero-order valence-electron chi connectivity index (χ0n) is 22.0. The van der Waals surface area contributed by atoms with Gasteiger partial charge in [-0.3, -0.25) is 10.2 Å². The number of carbonyl (C=O) groups excluding carboxylic acids is 1. The molecule has 0 atom stereocenters. The molecule has 1 aliphatic heterocycles. The van der Waals surface area contributed by atoms with Gasteiger partial charge in [0.1, 0.15) is 23.0 Å². The molecule has 0 unspecified atom stereocenters. The fourth-order valence-electron chi connectivity index (χ4n) is 4.85. The molecule has 38 heavy (non-hydrogen) atoms. The third kappa shape index (κ3) is 6.09. The average Bonchev–Trinajstić information content (AvgIpc) is 2.97. The molecule has 1 heterocycles. The minimum Gasteiger partial charge on any atom is -0.497 e. The molecular weight excluding hydrogens is 476 g/mol. The number of nitrogens with zero attached hydrogens (tertiary/aromatic N) is 1. The first-order chi connectivity index (χ1) is 18.6. The normalized spacial score (nSPS) is 13.7. The lowest BCUT2D eigenvalue weighted by molar-refractivity contribution is -0.126. The molecule has 1 N–H and O–H groups in total. The van der Waals surface area contributed by atoms with Gasteiger partial charge in [-0.2, -0.15) is 0 Å². The fraction of sp³-hybridized carbons (Fsp3) is 0.281. The highest BCUT2D eigenvalue weighted by atomic mass is 16.5. The van der Waals surface area contributed by atoms with Gasteiger partial charge < -0.3 is 14.2 Å². The quantitative estimate of drug-likeness (QED) is 0.269. The molecule has 4 aromatic rings. The predicted octanol–water partition coefficient (Wildman–Crippen LogP) is 6.77. The summed E-state index contributed by atoms with van der Waals surface area (Å²) >= 11 is 0. The molecule has 6 heteroatoms. The zero-order valence-corrected chi connectivity index (χ0v) is 22.0. The lowest BCUT2D eigenvalue weighted by atomic mass is 9.99. The van der Waals surface area contributed by atoms with Crippen molar-refractivity contribution in [2.75, 3.05) is 27.3 Å². The van der Waals surface area contributed by atoms with Crippen molar-refractivity contribution in [1.82, 2.24) is 10.4 Å². The highest BCUT2D eigenvalue weighted by Gasteiger charge is 2.15. The van der Waals surface area contributed by atoms with E-state index in [1.54, 1.807) is 14.2 Å². The van der Waals surface area contributed by atoms with E-state index in [0.717, 1.165) is 76.4 Å². The van der Waals surface area contributed by atoms with Gasteiger partial charge in [-0.1, -0.05) is 36.8 Å². The number of fused-ring (bicyclic) bond motifs is 1. The second-order valence-corrected chi connectivity index (χ2v) is 9.59. The Hall–Kier alpha value is -4.03. The van der Waals surface area contributed by atoms with Gasteiger partial charge in [0, 0.05) is 30.5 Å². The van der Waals surface area contributed by atoms with Crippen LogP contribution in [-0.4, -0.2) is 38.2 Å². The third-order valence-electron chi connectivity index (χ3n) is 7.00. The monoisotopic (exact) mass is 510 g/mol. The lowest BCUT2D eigenvalue weighted by Crippen LogP contribution is -2.45. The number of hydrogen-bond donors (Lipinski definition) is 1. The summed E-state index contributed by atoms with van der Waals surface area (Å²) in [6, 6.07) is 26.1. The minimum absolute atomic E-state index is 0.0718. The molecule has 6 nitrogen and oxygen atoms in total. The van der Waals surface area contributed by atoms with Crippen LogP contribution in [0.3, 0.4) is 0 Å². The summed E-state index contributed by atoms with van der Waals surface area (Å²) in [5, 5.41) is 4.08. The Morgan fingerprint density at radius 3 is 2.18 bits per heavy atom. The summed E-state index contributed by atoms with van der Waals surface area (Å²) in [5.74, 6) is 3.20. The molecule has 1 aliphatic rings. The number of piperidine rings is 1. The molecule has 0 saturated carbocycles. The van der Waals surface area contributed by atoms with Crippen molar-refractivity contribution in [3.05, 3.63) is 84.4 Å². The van der Waals surface area contributed by atoms with Crippen molar-refractivity contribution >= 4 is 16.7 Å². The molecular formula is C32H34N2O4. The van der Waals surface area contributed by atoms with E-state index in [-0.39, 0.29) is 5.91 Å². The van der Waals surface area contributed by atoms with Crippen LogP contribution >= 0.6 is 0 Å². The van der Waals surface area contributed by atoms with Crippen LogP contribution in [0.4, 0.5) is 0 Å². The van der Waals surface area contributed by atoms with Crippen LogP contribution in [-0.2, 0) is 11.2 Å². The average molecular weight is 511 g/mol. The van der Waals surface area contributed by atoms with Gasteiger partial charge in [0.25, 0.3) is 0 Å². The maximum atomic E-state index is 12.4. The summed E-state index contributed by atoms with van der Waals surface area (Å²) in [6.07, 6.45) is 4.68. The van der Waals surface area contributed by atoms with Gasteiger partial charge in [-0.05, 0) is 84.3 Å². The first-order valence-corrected chi connectivity index (χ1v) is 13.2. The zero-order chi connectivity index (χ0) is 26.3. The number of ether oxygens (including phenoxy) is 3. The molecule has 0 aromatic heterocycles. The number of nitrogens with one attached hydrogen (secondary N) is 1. The smallest absolute Gasteiger partial charge is 0.234 e. The van der Waals surface area contributed by atoms with Crippen LogP contribution in [0.1, 0.15) is 31.2 Å². The molecule has 5 rings (SSSR count). The number of hydrogen-bond acceptors (Lipinski definition) is 5. The Bertz CT molecular complexity index is 1380. The Morgan fingerprint density at radius 2 is 1.47 bits per heavy atom. The molecule has 4 aromatic carbocycles. The van der Waals surface area contributed by atoms with Gasteiger partial charge in [-0.25, -0.2) is 5.01 Å². The van der Waals surface area contributed by atoms with Crippen molar-refractivity contribution in [2.24, 2.45) is 0 Å². The van der Waals surface area contributed by atoms with E-state index in [4.69, 9.17) is 14.2 Å². The summed E-state index contributed by atoms with van der Waals surface area (Å²) in [6.45, 7) is 1.88. The van der Waals surface area contributed by atoms with Crippen LogP contribution in [0.2, 0.25) is 0 Å². The van der Waals surface area contributed by atoms with Crippen molar-refractivity contribution in [2.45, 2.75) is 32.1 Å². The second kappa shape index (κ2) is 12.0. The fourth-order valence-corrected chi connectivity index (χ4v) is 4.85. The highest BCUT2D eigenvalue weighted by Crippen LogP contribution is 2.41. The van der Waals surface area contributed by atoms with Gasteiger partial charge in [0.05, 0.1) is 14.2 Å². The third-order valence-corrected chi connectivity index (χ3v) is 7.00. The number of aryl methyl sites for hydroxylation is 1. The van der Waals surface area contributed by atoms with E-state index in [9.17, 15) is 4.79 Å². The molecule has 1 fully saturated rings. The number of methoxy groups -OCH3 is 2. The van der Waals surface area contributed by atoms with E-state index in [2.05, 4.69) is 17.6 Å². The molecule has 0 spiro atoms. The molecule has 0 radical (unpaired) electrons. The van der Waals surface area contributed by atoms with Gasteiger partial charge in [-0.15, -0.1) is 0 Å². The summed E-state index contributed by atoms with van der Waals surface area (Å²) in [5.41, 5.74) is 6.17. The molecule has 0 bridgehead atoms. The maximum absolute atomic E-state index is 12.4. The Balaban J connectivity index is 1.34. The maximum Gasteiger partial charge on any atom is 0.234 e. The second-order valence-electron chi connectivity index (χ2n) is 9.59. The molecule has 0 aliphatic carbocycles. The van der Waals surface area contributed by atoms with E-state index in [1.165, 1.54) is 6.42 Å². The number of amides is 1. The van der Waals surface area contributed by atoms with Crippen molar-refractivity contribution < 1.29 is 19.0 Å². The Kier molecular flexibility index (Phi) is 8.09. The molecule has 196 valence electrons. The minimum atomic E-state index is 0.0718. The summed E-state index contributed by atoms with van der Waals surface area (Å²) < 4.78 is 17.3. The van der Waals surface area contributed by atoms with Crippen LogP contribution in [0.25, 0.3) is 21.9 Å². The summed E-state index contributed by atoms with van der Waals surface area (Å²) in [4.78, 5) is 12.4. The van der Waals surface area contributed by atoms with E-state index >= 15 is 0 Å². The van der Waals surface area contributed by atoms with Crippen molar-refractivity contribution in [1.29, 1.82) is 0 Å². The number of carbonyl (C=O) groups is 1. The first kappa shape index (κ1) is 25.6. The number of rotatable bonds is 9. The Morgan fingerprint density at radius 1 is 0.789 bits per heavy atom.